The Bertz CT molecular complexity index is 156. The third-order valence-electron chi connectivity index (χ3n) is 2.69. The second-order valence-corrected chi connectivity index (χ2v) is 5.51. The minimum atomic E-state index is -0.0704. The van der Waals surface area contributed by atoms with E-state index in [-0.39, 0.29) is 5.54 Å². The Morgan fingerprint density at radius 2 is 2.00 bits per heavy atom. The summed E-state index contributed by atoms with van der Waals surface area (Å²) in [6, 6.07) is 0. The SMILES string of the molecule is CC(C)(N)CNCC1CC1(C)C. The van der Waals surface area contributed by atoms with E-state index in [9.17, 15) is 0 Å². The van der Waals surface area contributed by atoms with E-state index in [0.29, 0.717) is 5.41 Å². The number of nitrogens with two attached hydrogens (primary N) is 1. The molecule has 0 aliphatic heterocycles. The van der Waals surface area contributed by atoms with Gasteiger partial charge in [0.2, 0.25) is 0 Å². The minimum Gasteiger partial charge on any atom is -0.324 e. The van der Waals surface area contributed by atoms with Crippen LogP contribution in [0, 0.1) is 11.3 Å². The molecule has 0 radical (unpaired) electrons. The van der Waals surface area contributed by atoms with Gasteiger partial charge in [0, 0.05) is 12.1 Å². The van der Waals surface area contributed by atoms with Gasteiger partial charge in [0.1, 0.15) is 0 Å². The van der Waals surface area contributed by atoms with Crippen LogP contribution in [-0.4, -0.2) is 18.6 Å². The molecule has 0 aromatic carbocycles. The molecule has 0 aromatic heterocycles. The molecule has 0 heterocycles. The monoisotopic (exact) mass is 170 g/mol. The van der Waals surface area contributed by atoms with Crippen molar-refractivity contribution in [2.24, 2.45) is 17.1 Å². The molecule has 0 aromatic rings. The van der Waals surface area contributed by atoms with Gasteiger partial charge in [0.25, 0.3) is 0 Å². The van der Waals surface area contributed by atoms with Crippen molar-refractivity contribution in [1.82, 2.24) is 5.32 Å². The molecule has 1 aliphatic carbocycles. The van der Waals surface area contributed by atoms with Crippen LogP contribution in [0.3, 0.4) is 0 Å². The Morgan fingerprint density at radius 1 is 1.50 bits per heavy atom. The van der Waals surface area contributed by atoms with Crippen molar-refractivity contribution in [3.63, 3.8) is 0 Å². The van der Waals surface area contributed by atoms with Crippen molar-refractivity contribution >= 4 is 0 Å². The lowest BCUT2D eigenvalue weighted by Crippen LogP contribution is -2.43. The van der Waals surface area contributed by atoms with Gasteiger partial charge < -0.3 is 11.1 Å². The highest BCUT2D eigenvalue weighted by molar-refractivity contribution is 4.96. The molecule has 1 saturated carbocycles. The predicted molar refractivity (Wildman–Crippen MR) is 53.0 cm³/mol. The summed E-state index contributed by atoms with van der Waals surface area (Å²) in [7, 11) is 0. The zero-order valence-corrected chi connectivity index (χ0v) is 8.78. The highest BCUT2D eigenvalue weighted by Gasteiger charge is 2.44. The topological polar surface area (TPSA) is 38.0 Å². The summed E-state index contributed by atoms with van der Waals surface area (Å²) in [5.41, 5.74) is 6.37. The van der Waals surface area contributed by atoms with Crippen LogP contribution < -0.4 is 11.1 Å². The Hall–Kier alpha value is -0.0800. The molecule has 0 bridgehead atoms. The van der Waals surface area contributed by atoms with Crippen molar-refractivity contribution in [1.29, 1.82) is 0 Å². The molecular formula is C10H22N2. The number of nitrogens with one attached hydrogen (secondary N) is 1. The van der Waals surface area contributed by atoms with Crippen molar-refractivity contribution in [3.8, 4) is 0 Å². The van der Waals surface area contributed by atoms with Gasteiger partial charge in [0.05, 0.1) is 0 Å². The van der Waals surface area contributed by atoms with Gasteiger partial charge in [-0.15, -0.1) is 0 Å². The smallest absolute Gasteiger partial charge is 0.0223 e. The van der Waals surface area contributed by atoms with Gasteiger partial charge in [-0.2, -0.15) is 0 Å². The fourth-order valence-electron chi connectivity index (χ4n) is 1.49. The molecule has 0 saturated heterocycles. The van der Waals surface area contributed by atoms with E-state index in [4.69, 9.17) is 5.73 Å². The van der Waals surface area contributed by atoms with Crippen molar-refractivity contribution in [2.45, 2.75) is 39.7 Å². The van der Waals surface area contributed by atoms with Crippen LogP contribution in [0.5, 0.6) is 0 Å². The number of hydrogen-bond donors (Lipinski definition) is 2. The van der Waals surface area contributed by atoms with Gasteiger partial charge in [-0.1, -0.05) is 13.8 Å². The standard InChI is InChI=1S/C10H22N2/c1-9(2)5-8(9)6-12-7-10(3,4)11/h8,12H,5-7,11H2,1-4H3. The van der Waals surface area contributed by atoms with Crippen molar-refractivity contribution in [3.05, 3.63) is 0 Å². The van der Waals surface area contributed by atoms with Gasteiger partial charge in [-0.3, -0.25) is 0 Å². The van der Waals surface area contributed by atoms with E-state index in [1.54, 1.807) is 0 Å². The zero-order chi connectivity index (χ0) is 9.41. The zero-order valence-electron chi connectivity index (χ0n) is 8.78. The van der Waals surface area contributed by atoms with E-state index in [2.05, 4.69) is 33.0 Å². The van der Waals surface area contributed by atoms with Crippen LogP contribution >= 0.6 is 0 Å². The van der Waals surface area contributed by atoms with Crippen molar-refractivity contribution in [2.75, 3.05) is 13.1 Å². The van der Waals surface area contributed by atoms with Gasteiger partial charge in [0.15, 0.2) is 0 Å². The Kier molecular flexibility index (Phi) is 2.50. The fraction of sp³-hybridized carbons (Fsp3) is 1.00. The maximum atomic E-state index is 5.85. The van der Waals surface area contributed by atoms with E-state index in [1.807, 2.05) is 0 Å². The second kappa shape index (κ2) is 3.00. The predicted octanol–water partition coefficient (Wildman–Crippen LogP) is 1.36. The lowest BCUT2D eigenvalue weighted by Gasteiger charge is -2.19. The summed E-state index contributed by atoms with van der Waals surface area (Å²) in [5, 5.41) is 3.42. The Labute approximate surface area is 75.9 Å². The van der Waals surface area contributed by atoms with Crippen LogP contribution in [-0.2, 0) is 0 Å². The first-order valence-electron chi connectivity index (χ1n) is 4.81. The minimum absolute atomic E-state index is 0.0704. The average Bonchev–Trinajstić information content (AvgIpc) is 2.36. The summed E-state index contributed by atoms with van der Waals surface area (Å²) in [6.45, 7) is 10.8. The maximum absolute atomic E-state index is 5.85. The normalized spacial score (nSPS) is 27.2. The molecule has 12 heavy (non-hydrogen) atoms. The first kappa shape index (κ1) is 10.0. The third kappa shape index (κ3) is 3.11. The van der Waals surface area contributed by atoms with Gasteiger partial charge >= 0.3 is 0 Å². The molecule has 2 nitrogen and oxygen atoms in total. The quantitative estimate of drug-likeness (QED) is 0.668. The van der Waals surface area contributed by atoms with E-state index < -0.39 is 0 Å². The molecule has 1 aliphatic rings. The van der Waals surface area contributed by atoms with E-state index in [0.717, 1.165) is 19.0 Å². The lowest BCUT2D eigenvalue weighted by molar-refractivity contribution is 0.441. The molecule has 1 unspecified atom stereocenters. The molecule has 1 rings (SSSR count). The summed E-state index contributed by atoms with van der Waals surface area (Å²) in [6.07, 6.45) is 1.37. The molecule has 1 fully saturated rings. The summed E-state index contributed by atoms with van der Waals surface area (Å²) >= 11 is 0. The third-order valence-corrected chi connectivity index (χ3v) is 2.69. The van der Waals surface area contributed by atoms with Crippen LogP contribution in [0.2, 0.25) is 0 Å². The molecule has 72 valence electrons. The summed E-state index contributed by atoms with van der Waals surface area (Å²) in [5.74, 6) is 0.875. The van der Waals surface area contributed by atoms with Gasteiger partial charge in [-0.25, -0.2) is 0 Å². The van der Waals surface area contributed by atoms with Gasteiger partial charge in [-0.05, 0) is 38.1 Å². The van der Waals surface area contributed by atoms with Crippen LogP contribution in [0.15, 0.2) is 0 Å². The average molecular weight is 170 g/mol. The highest BCUT2D eigenvalue weighted by atomic mass is 14.9. The first-order valence-corrected chi connectivity index (χ1v) is 4.81. The van der Waals surface area contributed by atoms with Crippen LogP contribution in [0.4, 0.5) is 0 Å². The van der Waals surface area contributed by atoms with Crippen molar-refractivity contribution < 1.29 is 0 Å². The second-order valence-electron chi connectivity index (χ2n) is 5.51. The number of hydrogen-bond acceptors (Lipinski definition) is 2. The first-order chi connectivity index (χ1) is 5.31. The largest absolute Gasteiger partial charge is 0.324 e. The summed E-state index contributed by atoms with van der Waals surface area (Å²) < 4.78 is 0. The fourth-order valence-corrected chi connectivity index (χ4v) is 1.49. The van der Waals surface area contributed by atoms with Crippen LogP contribution in [0.25, 0.3) is 0 Å². The molecule has 1 atom stereocenters. The van der Waals surface area contributed by atoms with Crippen LogP contribution in [0.1, 0.15) is 34.1 Å². The highest BCUT2D eigenvalue weighted by Crippen LogP contribution is 2.50. The molecular weight excluding hydrogens is 148 g/mol. The maximum Gasteiger partial charge on any atom is 0.0223 e. The molecule has 3 N–H and O–H groups in total. The number of rotatable bonds is 4. The molecule has 0 spiro atoms. The van der Waals surface area contributed by atoms with E-state index in [1.165, 1.54) is 6.42 Å². The van der Waals surface area contributed by atoms with E-state index >= 15 is 0 Å². The Balaban J connectivity index is 2.05. The lowest BCUT2D eigenvalue weighted by atomic mass is 10.1. The Morgan fingerprint density at radius 3 is 2.33 bits per heavy atom. The molecule has 2 heteroatoms. The molecule has 0 amide bonds. The summed E-state index contributed by atoms with van der Waals surface area (Å²) in [4.78, 5) is 0.